The Morgan fingerprint density at radius 1 is 1.16 bits per heavy atom. The van der Waals surface area contributed by atoms with Gasteiger partial charge in [-0.1, -0.05) is 65.3 Å². The molecule has 31 heavy (non-hydrogen) atoms. The number of aryl methyl sites for hydroxylation is 1. The van der Waals surface area contributed by atoms with Gasteiger partial charge < -0.3 is 10.1 Å². The zero-order valence-corrected chi connectivity index (χ0v) is 18.5. The first-order chi connectivity index (χ1) is 15.1. The normalized spacial score (nSPS) is 23.0. The Bertz CT molecular complexity index is 1250. The van der Waals surface area contributed by atoms with Gasteiger partial charge in [0.1, 0.15) is 5.75 Å². The Hall–Kier alpha value is -3.12. The first-order valence-corrected chi connectivity index (χ1v) is 11.2. The average Bonchev–Trinajstić information content (AvgIpc) is 3.35. The number of hydrogen-bond donors (Lipinski definition) is 1. The molecular weight excluding hydrogens is 454 g/mol. The summed E-state index contributed by atoms with van der Waals surface area (Å²) in [6.45, 7) is 2.15. The van der Waals surface area contributed by atoms with Crippen molar-refractivity contribution in [3.63, 3.8) is 0 Å². The van der Waals surface area contributed by atoms with Gasteiger partial charge in [0.2, 0.25) is 0 Å². The number of carbonyl (C=O) groups excluding carboxylic acids is 1. The van der Waals surface area contributed by atoms with Crippen molar-refractivity contribution < 1.29 is 9.53 Å². The average molecular weight is 474 g/mol. The fourth-order valence-corrected chi connectivity index (χ4v) is 5.13. The monoisotopic (exact) mass is 473 g/mol. The van der Waals surface area contributed by atoms with Crippen LogP contribution in [0.15, 0.2) is 76.3 Å². The third kappa shape index (κ3) is 2.61. The van der Waals surface area contributed by atoms with Gasteiger partial charge in [-0.15, -0.1) is 0 Å². The van der Waals surface area contributed by atoms with E-state index in [0.717, 1.165) is 44.7 Å². The molecule has 0 radical (unpaired) electrons. The van der Waals surface area contributed by atoms with E-state index in [1.54, 1.807) is 0 Å². The molecule has 2 atom stereocenters. The quantitative estimate of drug-likeness (QED) is 0.544. The second kappa shape index (κ2) is 6.69. The van der Waals surface area contributed by atoms with Crippen LogP contribution in [0.2, 0.25) is 0 Å². The Morgan fingerprint density at radius 2 is 1.97 bits per heavy atom. The molecule has 6 rings (SSSR count). The maximum Gasteiger partial charge on any atom is 0.306 e. The number of rotatable bonds is 2. The van der Waals surface area contributed by atoms with Crippen LogP contribution in [0, 0.1) is 0 Å². The van der Waals surface area contributed by atoms with Crippen molar-refractivity contribution in [1.82, 2.24) is 5.01 Å². The highest BCUT2D eigenvalue weighted by atomic mass is 79.9. The number of hydrogen-bond acceptors (Lipinski definition) is 4. The number of hydrazone groups is 1. The first-order valence-electron chi connectivity index (χ1n) is 10.5. The second-order valence-corrected chi connectivity index (χ2v) is 9.01. The number of nitrogens with zero attached hydrogens (tertiary/aromatic N) is 2. The molecule has 0 aliphatic carbocycles. The maximum atomic E-state index is 13.4. The highest BCUT2D eigenvalue weighted by Crippen LogP contribution is 2.54. The minimum absolute atomic E-state index is 0.0820. The van der Waals surface area contributed by atoms with Crippen molar-refractivity contribution in [2.24, 2.45) is 5.10 Å². The molecule has 1 amide bonds. The van der Waals surface area contributed by atoms with E-state index in [1.165, 1.54) is 5.56 Å². The highest BCUT2D eigenvalue weighted by molar-refractivity contribution is 9.10. The van der Waals surface area contributed by atoms with Crippen molar-refractivity contribution in [3.8, 4) is 5.75 Å². The summed E-state index contributed by atoms with van der Waals surface area (Å²) in [6.07, 6.45) is 1.71. The second-order valence-electron chi connectivity index (χ2n) is 8.09. The van der Waals surface area contributed by atoms with Gasteiger partial charge in [-0.2, -0.15) is 5.10 Å². The number of benzene rings is 3. The van der Waals surface area contributed by atoms with E-state index in [-0.39, 0.29) is 11.9 Å². The van der Waals surface area contributed by atoms with E-state index in [2.05, 4.69) is 58.5 Å². The Kier molecular flexibility index (Phi) is 4.02. The summed E-state index contributed by atoms with van der Waals surface area (Å²) in [7, 11) is 0. The molecule has 0 saturated carbocycles. The summed E-state index contributed by atoms with van der Waals surface area (Å²) < 4.78 is 7.38. The van der Waals surface area contributed by atoms with Gasteiger partial charge in [0.15, 0.2) is 0 Å². The Labute approximate surface area is 188 Å². The fourth-order valence-electron chi connectivity index (χ4n) is 4.77. The summed E-state index contributed by atoms with van der Waals surface area (Å²) in [6, 6.07) is 22.2. The predicted octanol–water partition coefficient (Wildman–Crippen LogP) is 5.36. The van der Waals surface area contributed by atoms with Gasteiger partial charge in [-0.25, -0.2) is 5.01 Å². The zero-order valence-electron chi connectivity index (χ0n) is 16.9. The Morgan fingerprint density at radius 3 is 2.77 bits per heavy atom. The molecule has 3 aromatic rings. The summed E-state index contributed by atoms with van der Waals surface area (Å²) >= 11 is 3.55. The van der Waals surface area contributed by atoms with Crippen LogP contribution in [0.4, 0.5) is 5.69 Å². The van der Waals surface area contributed by atoms with Crippen LogP contribution in [0.1, 0.15) is 41.6 Å². The summed E-state index contributed by atoms with van der Waals surface area (Å²) in [5.74, 6) is 0.510. The molecular formula is C25H20BrN3O2. The molecule has 3 aliphatic heterocycles. The summed E-state index contributed by atoms with van der Waals surface area (Å²) in [5.41, 5.74) is 4.58. The molecule has 0 fully saturated rings. The molecule has 3 aliphatic rings. The molecule has 0 aromatic heterocycles. The number of fused-ring (bicyclic) bond motifs is 6. The minimum Gasteiger partial charge on any atom is -0.453 e. The largest absolute Gasteiger partial charge is 0.453 e. The number of halogens is 1. The minimum atomic E-state index is -1.33. The number of nitrogens with one attached hydrogen (secondary N) is 1. The van der Waals surface area contributed by atoms with Crippen molar-refractivity contribution in [2.75, 3.05) is 5.32 Å². The fraction of sp³-hybridized carbons (Fsp3) is 0.200. The number of para-hydroxylation sites is 1. The predicted molar refractivity (Wildman–Crippen MR) is 123 cm³/mol. The number of anilines is 1. The standard InChI is InChI=1S/C25H20BrN3O2/c1-2-15-7-9-16(10-8-15)21-14-22-18-5-3-4-6-23(18)31-25(29(22)28-21)19-13-17(26)11-12-20(19)27-24(25)30/h3-13,22H,2,14H2,1H3,(H,27,30). The SMILES string of the molecule is CCc1ccc(C2=NN3C(C2)c2ccccc2OC32C(=O)Nc3ccc(Br)cc32)cc1. The molecule has 5 nitrogen and oxygen atoms in total. The zero-order chi connectivity index (χ0) is 21.2. The number of carbonyl (C=O) groups is 1. The summed E-state index contributed by atoms with van der Waals surface area (Å²) in [5, 5.41) is 9.87. The lowest BCUT2D eigenvalue weighted by Gasteiger charge is -2.44. The first kappa shape index (κ1) is 18.6. The van der Waals surface area contributed by atoms with Crippen molar-refractivity contribution in [3.05, 3.63) is 93.5 Å². The van der Waals surface area contributed by atoms with Crippen LogP contribution in [0.25, 0.3) is 0 Å². The molecule has 3 heterocycles. The maximum absolute atomic E-state index is 13.4. The topological polar surface area (TPSA) is 53.9 Å². The third-order valence-electron chi connectivity index (χ3n) is 6.37. The van der Waals surface area contributed by atoms with Crippen molar-refractivity contribution in [1.29, 1.82) is 0 Å². The van der Waals surface area contributed by atoms with E-state index in [4.69, 9.17) is 9.84 Å². The molecule has 6 heteroatoms. The van der Waals surface area contributed by atoms with E-state index in [9.17, 15) is 4.79 Å². The molecule has 3 aromatic carbocycles. The molecule has 1 N–H and O–H groups in total. The van der Waals surface area contributed by atoms with Crippen LogP contribution in [0.3, 0.4) is 0 Å². The van der Waals surface area contributed by atoms with Gasteiger partial charge in [0, 0.05) is 16.5 Å². The van der Waals surface area contributed by atoms with Gasteiger partial charge >= 0.3 is 5.72 Å². The van der Waals surface area contributed by atoms with Crippen LogP contribution >= 0.6 is 15.9 Å². The lowest BCUT2D eigenvalue weighted by Crippen LogP contribution is -2.55. The highest BCUT2D eigenvalue weighted by Gasteiger charge is 2.60. The number of ether oxygens (including phenoxy) is 1. The van der Waals surface area contributed by atoms with E-state index in [0.29, 0.717) is 6.42 Å². The van der Waals surface area contributed by atoms with Crippen molar-refractivity contribution >= 4 is 33.2 Å². The molecule has 1 spiro atoms. The molecule has 0 bridgehead atoms. The van der Waals surface area contributed by atoms with Crippen LogP contribution < -0.4 is 10.1 Å². The molecule has 0 saturated heterocycles. The van der Waals surface area contributed by atoms with Gasteiger partial charge in [0.05, 0.1) is 23.0 Å². The Balaban J connectivity index is 1.54. The van der Waals surface area contributed by atoms with E-state index in [1.807, 2.05) is 41.4 Å². The van der Waals surface area contributed by atoms with Crippen LogP contribution in [0.5, 0.6) is 5.75 Å². The van der Waals surface area contributed by atoms with Crippen LogP contribution in [-0.2, 0) is 16.9 Å². The van der Waals surface area contributed by atoms with Gasteiger partial charge in [-0.3, -0.25) is 4.79 Å². The van der Waals surface area contributed by atoms with E-state index >= 15 is 0 Å². The molecule has 2 unspecified atom stereocenters. The summed E-state index contributed by atoms with van der Waals surface area (Å²) in [4.78, 5) is 13.4. The smallest absolute Gasteiger partial charge is 0.306 e. The number of amides is 1. The van der Waals surface area contributed by atoms with Gasteiger partial charge in [-0.05, 0) is 41.8 Å². The molecule has 154 valence electrons. The van der Waals surface area contributed by atoms with Gasteiger partial charge in [0.25, 0.3) is 5.91 Å². The van der Waals surface area contributed by atoms with Crippen LogP contribution in [-0.4, -0.2) is 16.6 Å². The van der Waals surface area contributed by atoms with E-state index < -0.39 is 5.72 Å². The van der Waals surface area contributed by atoms with Crippen molar-refractivity contribution in [2.45, 2.75) is 31.5 Å². The third-order valence-corrected chi connectivity index (χ3v) is 6.86. The lowest BCUT2D eigenvalue weighted by molar-refractivity contribution is -0.161. The lowest BCUT2D eigenvalue weighted by atomic mass is 9.92.